The van der Waals surface area contributed by atoms with Crippen LogP contribution in [0, 0.1) is 6.92 Å². The lowest BCUT2D eigenvalue weighted by molar-refractivity contribution is -0.117. The summed E-state index contributed by atoms with van der Waals surface area (Å²) < 4.78 is 0. The SMILES string of the molecule is CC[C@@H](C)N(CC(=O)Nc1nc(C)cs1)C(=O)c1ccc2ccccc2c1. The van der Waals surface area contributed by atoms with Crippen LogP contribution in [0.15, 0.2) is 47.8 Å². The van der Waals surface area contributed by atoms with Gasteiger partial charge in [-0.25, -0.2) is 4.98 Å². The van der Waals surface area contributed by atoms with Crippen LogP contribution in [-0.4, -0.2) is 34.3 Å². The number of aryl methyl sites for hydroxylation is 1. The molecule has 5 nitrogen and oxygen atoms in total. The van der Waals surface area contributed by atoms with Crippen LogP contribution in [0.25, 0.3) is 10.8 Å². The van der Waals surface area contributed by atoms with E-state index in [1.165, 1.54) is 11.3 Å². The molecule has 0 spiro atoms. The molecule has 0 aliphatic carbocycles. The molecule has 0 unspecified atom stereocenters. The predicted octanol–water partition coefficient (Wildman–Crippen LogP) is 4.48. The molecular formula is C21H23N3O2S. The summed E-state index contributed by atoms with van der Waals surface area (Å²) >= 11 is 1.38. The van der Waals surface area contributed by atoms with Crippen molar-refractivity contribution < 1.29 is 9.59 Å². The van der Waals surface area contributed by atoms with Crippen LogP contribution in [0.2, 0.25) is 0 Å². The third kappa shape index (κ3) is 4.52. The molecule has 1 atom stereocenters. The van der Waals surface area contributed by atoms with E-state index in [4.69, 9.17) is 0 Å². The molecule has 140 valence electrons. The average molecular weight is 382 g/mol. The van der Waals surface area contributed by atoms with E-state index in [0.29, 0.717) is 10.7 Å². The first-order valence-corrected chi connectivity index (χ1v) is 9.87. The maximum atomic E-state index is 13.1. The first kappa shape index (κ1) is 19.0. The Balaban J connectivity index is 1.80. The number of aromatic nitrogens is 1. The molecule has 2 aromatic carbocycles. The average Bonchev–Trinajstić information content (AvgIpc) is 3.09. The first-order chi connectivity index (χ1) is 13.0. The largest absolute Gasteiger partial charge is 0.327 e. The number of nitrogens with one attached hydrogen (secondary N) is 1. The number of benzene rings is 2. The second-order valence-electron chi connectivity index (χ2n) is 6.59. The van der Waals surface area contributed by atoms with E-state index < -0.39 is 0 Å². The molecule has 0 aliphatic rings. The topological polar surface area (TPSA) is 62.3 Å². The van der Waals surface area contributed by atoms with Crippen molar-refractivity contribution in [3.63, 3.8) is 0 Å². The molecule has 0 fully saturated rings. The van der Waals surface area contributed by atoms with Crippen molar-refractivity contribution in [3.05, 3.63) is 59.1 Å². The maximum absolute atomic E-state index is 13.1. The predicted molar refractivity (Wildman–Crippen MR) is 110 cm³/mol. The van der Waals surface area contributed by atoms with Gasteiger partial charge in [-0.1, -0.05) is 37.3 Å². The summed E-state index contributed by atoms with van der Waals surface area (Å²) in [5.41, 5.74) is 1.45. The third-order valence-corrected chi connectivity index (χ3v) is 5.44. The van der Waals surface area contributed by atoms with Gasteiger partial charge in [0.1, 0.15) is 6.54 Å². The van der Waals surface area contributed by atoms with Crippen molar-refractivity contribution in [3.8, 4) is 0 Å². The standard InChI is InChI=1S/C21H23N3O2S/c1-4-15(3)24(12-19(25)23-21-22-14(2)13-27-21)20(26)18-10-9-16-7-5-6-8-17(16)11-18/h5-11,13,15H,4,12H2,1-3H3,(H,22,23,25)/t15-/m1/s1. The number of carbonyl (C=O) groups is 2. The number of fused-ring (bicyclic) bond motifs is 1. The zero-order chi connectivity index (χ0) is 19.4. The van der Waals surface area contributed by atoms with Gasteiger partial charge in [-0.2, -0.15) is 0 Å². The first-order valence-electron chi connectivity index (χ1n) is 8.99. The Kier molecular flexibility index (Phi) is 5.86. The molecule has 0 saturated heterocycles. The van der Waals surface area contributed by atoms with Crippen molar-refractivity contribution >= 4 is 39.1 Å². The number of anilines is 1. The molecule has 0 saturated carbocycles. The minimum absolute atomic E-state index is 0.000700. The van der Waals surface area contributed by atoms with Crippen molar-refractivity contribution in [2.24, 2.45) is 0 Å². The van der Waals surface area contributed by atoms with Crippen LogP contribution in [0.4, 0.5) is 5.13 Å². The van der Waals surface area contributed by atoms with Gasteiger partial charge >= 0.3 is 0 Å². The van der Waals surface area contributed by atoms with Crippen LogP contribution in [0.1, 0.15) is 36.3 Å². The molecule has 1 N–H and O–H groups in total. The number of carbonyl (C=O) groups excluding carboxylic acids is 2. The maximum Gasteiger partial charge on any atom is 0.254 e. The van der Waals surface area contributed by atoms with E-state index in [2.05, 4.69) is 10.3 Å². The van der Waals surface area contributed by atoms with Crippen molar-refractivity contribution in [2.45, 2.75) is 33.2 Å². The molecule has 0 bridgehead atoms. The molecular weight excluding hydrogens is 358 g/mol. The summed E-state index contributed by atoms with van der Waals surface area (Å²) in [5, 5.41) is 7.31. The lowest BCUT2D eigenvalue weighted by Gasteiger charge is -2.28. The minimum Gasteiger partial charge on any atom is -0.327 e. The zero-order valence-corrected chi connectivity index (χ0v) is 16.5. The van der Waals surface area contributed by atoms with Crippen molar-refractivity contribution in [1.82, 2.24) is 9.88 Å². The van der Waals surface area contributed by atoms with Gasteiger partial charge in [0.25, 0.3) is 5.91 Å². The fraction of sp³-hybridized carbons (Fsp3) is 0.286. The van der Waals surface area contributed by atoms with Crippen molar-refractivity contribution in [2.75, 3.05) is 11.9 Å². The lowest BCUT2D eigenvalue weighted by atomic mass is 10.1. The number of hydrogen-bond acceptors (Lipinski definition) is 4. The summed E-state index contributed by atoms with van der Waals surface area (Å²) in [7, 11) is 0. The fourth-order valence-electron chi connectivity index (χ4n) is 2.86. The van der Waals surface area contributed by atoms with Gasteiger partial charge in [-0.15, -0.1) is 11.3 Å². The molecule has 3 rings (SSSR count). The van der Waals surface area contributed by atoms with E-state index in [1.807, 2.05) is 68.6 Å². The Labute approximate surface area is 163 Å². The van der Waals surface area contributed by atoms with Gasteiger partial charge in [0, 0.05) is 17.0 Å². The Morgan fingerprint density at radius 1 is 1.19 bits per heavy atom. The van der Waals surface area contributed by atoms with E-state index in [-0.39, 0.29) is 24.4 Å². The molecule has 3 aromatic rings. The highest BCUT2D eigenvalue weighted by atomic mass is 32.1. The second kappa shape index (κ2) is 8.31. The van der Waals surface area contributed by atoms with E-state index >= 15 is 0 Å². The number of amides is 2. The van der Waals surface area contributed by atoms with Gasteiger partial charge in [0.15, 0.2) is 5.13 Å². The van der Waals surface area contributed by atoms with Gasteiger partial charge in [-0.3, -0.25) is 9.59 Å². The highest BCUT2D eigenvalue weighted by Gasteiger charge is 2.23. The molecule has 0 radical (unpaired) electrons. The smallest absolute Gasteiger partial charge is 0.254 e. The van der Waals surface area contributed by atoms with E-state index in [1.54, 1.807) is 4.90 Å². The Morgan fingerprint density at radius 2 is 1.93 bits per heavy atom. The highest BCUT2D eigenvalue weighted by Crippen LogP contribution is 2.19. The zero-order valence-electron chi connectivity index (χ0n) is 15.7. The van der Waals surface area contributed by atoms with Gasteiger partial charge in [0.2, 0.25) is 5.91 Å². The number of rotatable bonds is 6. The summed E-state index contributed by atoms with van der Waals surface area (Å²) in [5.74, 6) is -0.376. The monoisotopic (exact) mass is 381 g/mol. The molecule has 2 amide bonds. The summed E-state index contributed by atoms with van der Waals surface area (Å²) in [6, 6.07) is 13.5. The normalized spacial score (nSPS) is 12.0. The Hall–Kier alpha value is -2.73. The highest BCUT2D eigenvalue weighted by molar-refractivity contribution is 7.13. The third-order valence-electron chi connectivity index (χ3n) is 4.56. The van der Waals surface area contributed by atoms with Gasteiger partial charge in [0.05, 0.1) is 5.69 Å². The quantitative estimate of drug-likeness (QED) is 0.684. The number of nitrogens with zero attached hydrogens (tertiary/aromatic N) is 2. The molecule has 27 heavy (non-hydrogen) atoms. The Morgan fingerprint density at radius 3 is 2.59 bits per heavy atom. The molecule has 0 aliphatic heterocycles. The second-order valence-corrected chi connectivity index (χ2v) is 7.45. The van der Waals surface area contributed by atoms with E-state index in [9.17, 15) is 9.59 Å². The van der Waals surface area contributed by atoms with Crippen LogP contribution in [0.5, 0.6) is 0 Å². The number of hydrogen-bond donors (Lipinski definition) is 1. The molecule has 1 heterocycles. The van der Waals surface area contributed by atoms with Gasteiger partial charge < -0.3 is 10.2 Å². The summed E-state index contributed by atoms with van der Waals surface area (Å²) in [6.07, 6.45) is 0.767. The summed E-state index contributed by atoms with van der Waals surface area (Å²) in [6.45, 7) is 5.84. The van der Waals surface area contributed by atoms with Gasteiger partial charge in [-0.05, 0) is 43.2 Å². The van der Waals surface area contributed by atoms with Crippen LogP contribution in [0.3, 0.4) is 0 Å². The van der Waals surface area contributed by atoms with E-state index in [0.717, 1.165) is 22.9 Å². The number of thiazole rings is 1. The van der Waals surface area contributed by atoms with Crippen LogP contribution in [-0.2, 0) is 4.79 Å². The van der Waals surface area contributed by atoms with Crippen LogP contribution >= 0.6 is 11.3 Å². The Bertz CT molecular complexity index is 967. The molecule has 1 aromatic heterocycles. The minimum atomic E-state index is -0.237. The summed E-state index contributed by atoms with van der Waals surface area (Å²) in [4.78, 5) is 31.4. The van der Waals surface area contributed by atoms with Crippen LogP contribution < -0.4 is 5.32 Å². The lowest BCUT2D eigenvalue weighted by Crippen LogP contribution is -2.43. The van der Waals surface area contributed by atoms with Crippen molar-refractivity contribution in [1.29, 1.82) is 0 Å². The molecule has 6 heteroatoms. The fourth-order valence-corrected chi connectivity index (χ4v) is 3.57.